The normalized spacial score (nSPS) is 22.5. The Kier molecular flexibility index (Phi) is 9.73. The minimum atomic E-state index is -0.871. The first kappa shape index (κ1) is 38.2. The summed E-state index contributed by atoms with van der Waals surface area (Å²) < 4.78 is 16.0. The molecule has 4 amide bonds. The van der Waals surface area contributed by atoms with Gasteiger partial charge in [0.05, 0.1) is 33.1 Å². The van der Waals surface area contributed by atoms with E-state index in [1.807, 2.05) is 18.2 Å². The van der Waals surface area contributed by atoms with Crippen molar-refractivity contribution in [3.8, 4) is 6.07 Å². The Balaban J connectivity index is 0.794. The largest absolute Gasteiger partial charge is 0.369 e. The molecule has 9 rings (SSSR count). The molecule has 3 aromatic rings. The topological polar surface area (TPSA) is 124 Å². The number of anilines is 4. The molecule has 15 heteroatoms. The van der Waals surface area contributed by atoms with Crippen LogP contribution in [-0.4, -0.2) is 95.9 Å². The first-order chi connectivity index (χ1) is 28.0. The van der Waals surface area contributed by atoms with E-state index < -0.39 is 23.4 Å². The number of benzene rings is 3. The van der Waals surface area contributed by atoms with Crippen LogP contribution in [0.4, 0.5) is 27.1 Å². The molecule has 0 radical (unpaired) electrons. The van der Waals surface area contributed by atoms with Gasteiger partial charge in [0.1, 0.15) is 23.5 Å². The number of nitrogens with zero attached hydrogens (tertiary/aromatic N) is 7. The van der Waals surface area contributed by atoms with Gasteiger partial charge in [-0.05, 0) is 118 Å². The maximum Gasteiger partial charge on any atom is 0.262 e. The monoisotopic (exact) mass is 820 g/mol. The van der Waals surface area contributed by atoms with E-state index in [0.717, 1.165) is 75.7 Å². The van der Waals surface area contributed by atoms with Gasteiger partial charge in [-0.25, -0.2) is 4.39 Å². The van der Waals surface area contributed by atoms with Crippen molar-refractivity contribution in [1.29, 1.82) is 5.26 Å². The zero-order valence-corrected chi connectivity index (χ0v) is 33.5. The van der Waals surface area contributed by atoms with E-state index in [1.54, 1.807) is 41.3 Å². The molecule has 5 aliphatic heterocycles. The van der Waals surface area contributed by atoms with Crippen LogP contribution in [-0.2, 0) is 9.59 Å². The Labute approximate surface area is 346 Å². The van der Waals surface area contributed by atoms with Gasteiger partial charge in [-0.15, -0.1) is 0 Å². The Bertz CT molecular complexity index is 2330. The van der Waals surface area contributed by atoms with Crippen LogP contribution < -0.4 is 24.9 Å². The quantitative estimate of drug-likeness (QED) is 0.230. The molecule has 1 unspecified atom stereocenters. The maximum absolute atomic E-state index is 16.0. The molecule has 1 saturated carbocycles. The summed E-state index contributed by atoms with van der Waals surface area (Å²) in [6.07, 6.45) is 4.82. The number of rotatable bonds is 7. The molecule has 1 aliphatic carbocycles. The summed E-state index contributed by atoms with van der Waals surface area (Å²) in [5.74, 6) is -1.28. The second-order valence-corrected chi connectivity index (χ2v) is 16.9. The number of imide groups is 1. The van der Waals surface area contributed by atoms with Crippen LogP contribution in [0.5, 0.6) is 0 Å². The highest BCUT2D eigenvalue weighted by Gasteiger charge is 2.59. The van der Waals surface area contributed by atoms with Gasteiger partial charge in [0, 0.05) is 62.9 Å². The molecule has 1 atom stereocenters. The summed E-state index contributed by atoms with van der Waals surface area (Å²) in [4.78, 5) is 64.3. The molecule has 5 heterocycles. The van der Waals surface area contributed by atoms with E-state index in [-0.39, 0.29) is 27.8 Å². The van der Waals surface area contributed by atoms with Crippen LogP contribution in [0.25, 0.3) is 0 Å². The minimum absolute atomic E-state index is 0.165. The number of carbonyl (C=O) groups excluding carboxylic acids is 4. The number of amides is 4. The number of hydrogen-bond acceptors (Lipinski definition) is 9. The third kappa shape index (κ3) is 6.31. The molecule has 1 N–H and O–H groups in total. The Morgan fingerprint density at radius 1 is 0.862 bits per heavy atom. The number of piperidine rings is 2. The number of halogens is 2. The summed E-state index contributed by atoms with van der Waals surface area (Å²) in [5, 5.41) is 12.5. The second-order valence-electron chi connectivity index (χ2n) is 16.1. The molecule has 1 spiro atoms. The third-order valence-corrected chi connectivity index (χ3v) is 13.5. The van der Waals surface area contributed by atoms with Gasteiger partial charge < -0.3 is 20.0 Å². The van der Waals surface area contributed by atoms with Crippen molar-refractivity contribution in [2.75, 3.05) is 65.4 Å². The van der Waals surface area contributed by atoms with E-state index in [9.17, 15) is 24.4 Å². The van der Waals surface area contributed by atoms with Gasteiger partial charge in [0.25, 0.3) is 17.7 Å². The van der Waals surface area contributed by atoms with Gasteiger partial charge in [-0.2, -0.15) is 5.26 Å². The number of hydrogen-bond donors (Lipinski definition) is 1. The fourth-order valence-electron chi connectivity index (χ4n) is 9.48. The highest BCUT2D eigenvalue weighted by Crippen LogP contribution is 2.48. The number of carbonyl (C=O) groups is 4. The summed E-state index contributed by atoms with van der Waals surface area (Å²) in [6.45, 7) is 9.48. The van der Waals surface area contributed by atoms with E-state index in [2.05, 4.69) is 26.6 Å². The summed E-state index contributed by atoms with van der Waals surface area (Å²) >= 11 is 12.2. The van der Waals surface area contributed by atoms with Crippen LogP contribution in [0.2, 0.25) is 5.02 Å². The smallest absolute Gasteiger partial charge is 0.262 e. The molecular weight excluding hydrogens is 779 g/mol. The second kappa shape index (κ2) is 14.8. The minimum Gasteiger partial charge on any atom is -0.369 e. The Morgan fingerprint density at radius 3 is 2.22 bits per heavy atom. The number of thiocarbonyl (C=S) groups is 1. The van der Waals surface area contributed by atoms with Crippen LogP contribution >= 0.6 is 23.8 Å². The first-order valence-corrected chi connectivity index (χ1v) is 20.7. The number of allylic oxidation sites excluding steroid dienone is 1. The Morgan fingerprint density at radius 2 is 1.57 bits per heavy atom. The fraction of sp³-hybridized carbons (Fsp3) is 0.395. The van der Waals surface area contributed by atoms with Gasteiger partial charge in [0.15, 0.2) is 5.11 Å². The zero-order valence-electron chi connectivity index (χ0n) is 31.9. The molecule has 298 valence electrons. The SMILES string of the molecule is C=C1CCC(N2C(=O)c3ccc(N4CCN(CC5CCN(c6ccc(N7C(=S)N(c8ccc(C#N)c(Cl)c8)C(=O)C78CCC8)cc6F)CC5)CC4)cc3C2=O)C(=O)N1. The lowest BCUT2D eigenvalue weighted by molar-refractivity contribution is -0.125. The van der Waals surface area contributed by atoms with Gasteiger partial charge in [-0.3, -0.25) is 33.9 Å². The molecule has 58 heavy (non-hydrogen) atoms. The predicted octanol–water partition coefficient (Wildman–Crippen LogP) is 5.84. The Hall–Kier alpha value is -5.36. The number of fused-ring (bicyclic) bond motifs is 1. The summed E-state index contributed by atoms with van der Waals surface area (Å²) in [6, 6.07) is 16.5. The standard InChI is InChI=1S/C43H42ClFN8O4S/c1-26-3-9-37(38(54)47-26)52-39(55)32-8-6-29(21-33(32)40(52)56)49-19-17-48(18-20-49)25-27-11-15-50(16-12-27)36-10-7-31(23-35(36)45)53-42(58)51(41(57)43(53)13-2-14-43)30-5-4-28(24-46)34(44)22-30/h4-8,10,21-23,27,37H,1-3,9,11-20,25H2,(H,47,54). The van der Waals surface area contributed by atoms with E-state index >= 15 is 4.39 Å². The molecule has 0 bridgehead atoms. The van der Waals surface area contributed by atoms with Crippen LogP contribution in [0, 0.1) is 23.1 Å². The fourth-order valence-corrected chi connectivity index (χ4v) is 10.2. The summed E-state index contributed by atoms with van der Waals surface area (Å²) in [5.41, 5.74) is 3.15. The van der Waals surface area contributed by atoms with Crippen LogP contribution in [0.15, 0.2) is 66.9 Å². The lowest BCUT2D eigenvalue weighted by atomic mass is 9.75. The number of nitriles is 1. The van der Waals surface area contributed by atoms with Crippen molar-refractivity contribution in [3.05, 3.63) is 94.4 Å². The third-order valence-electron chi connectivity index (χ3n) is 12.9. The number of nitrogens with one attached hydrogen (secondary N) is 1. The van der Waals surface area contributed by atoms with Crippen molar-refractivity contribution in [3.63, 3.8) is 0 Å². The molecule has 4 saturated heterocycles. The van der Waals surface area contributed by atoms with Crippen LogP contribution in [0.3, 0.4) is 0 Å². The first-order valence-electron chi connectivity index (χ1n) is 19.9. The van der Waals surface area contributed by atoms with Gasteiger partial charge >= 0.3 is 0 Å². The van der Waals surface area contributed by atoms with Gasteiger partial charge in [0.2, 0.25) is 5.91 Å². The van der Waals surface area contributed by atoms with Crippen molar-refractivity contribution in [1.82, 2.24) is 15.1 Å². The molecule has 3 aromatic carbocycles. The van der Waals surface area contributed by atoms with Crippen molar-refractivity contribution in [2.24, 2.45) is 5.92 Å². The van der Waals surface area contributed by atoms with Crippen molar-refractivity contribution < 1.29 is 23.6 Å². The van der Waals surface area contributed by atoms with E-state index in [1.165, 1.54) is 11.0 Å². The van der Waals surface area contributed by atoms with Gasteiger partial charge in [-0.1, -0.05) is 18.2 Å². The highest BCUT2D eigenvalue weighted by atomic mass is 35.5. The number of piperazine rings is 1. The van der Waals surface area contributed by atoms with E-state index in [0.29, 0.717) is 71.1 Å². The highest BCUT2D eigenvalue weighted by molar-refractivity contribution is 7.81. The average molecular weight is 821 g/mol. The van der Waals surface area contributed by atoms with Crippen molar-refractivity contribution in [2.45, 2.75) is 56.5 Å². The summed E-state index contributed by atoms with van der Waals surface area (Å²) in [7, 11) is 0. The van der Waals surface area contributed by atoms with Crippen molar-refractivity contribution >= 4 is 75.3 Å². The molecule has 5 fully saturated rings. The molecule has 0 aromatic heterocycles. The lowest BCUT2D eigenvalue weighted by Crippen LogP contribution is -2.55. The van der Waals surface area contributed by atoms with E-state index in [4.69, 9.17) is 23.8 Å². The average Bonchev–Trinajstić information content (AvgIpc) is 3.59. The molecule has 6 aliphatic rings. The molecule has 12 nitrogen and oxygen atoms in total. The van der Waals surface area contributed by atoms with Crippen LogP contribution in [0.1, 0.15) is 71.2 Å². The predicted molar refractivity (Wildman–Crippen MR) is 223 cm³/mol. The molecular formula is C43H42ClFN8O4S. The lowest BCUT2D eigenvalue weighted by Gasteiger charge is -2.43. The zero-order chi connectivity index (χ0) is 40.5. The maximum atomic E-state index is 16.0.